The predicted octanol–water partition coefficient (Wildman–Crippen LogP) is 2.75. The summed E-state index contributed by atoms with van der Waals surface area (Å²) in [7, 11) is 0. The van der Waals surface area contributed by atoms with E-state index in [2.05, 4.69) is 4.98 Å². The summed E-state index contributed by atoms with van der Waals surface area (Å²) in [6.45, 7) is 3.97. The average Bonchev–Trinajstić information content (AvgIpc) is 2.93. The zero-order valence-electron chi connectivity index (χ0n) is 15.3. The minimum atomic E-state index is -0.839. The molecular formula is C19H20FNO6. The minimum Gasteiger partial charge on any atom is -0.479 e. The normalized spacial score (nSPS) is 10.4. The van der Waals surface area contributed by atoms with Crippen LogP contribution in [0.15, 0.2) is 24.3 Å². The van der Waals surface area contributed by atoms with E-state index in [0.29, 0.717) is 11.4 Å². The molecule has 8 heteroatoms. The number of nitrogens with one attached hydrogen (secondary N) is 1. The summed E-state index contributed by atoms with van der Waals surface area (Å²) in [5.74, 6) is -2.73. The number of esters is 2. The van der Waals surface area contributed by atoms with E-state index in [1.807, 2.05) is 0 Å². The lowest BCUT2D eigenvalue weighted by Crippen LogP contribution is -2.21. The fourth-order valence-electron chi connectivity index (χ4n) is 2.55. The van der Waals surface area contributed by atoms with Crippen LogP contribution < -0.4 is 4.74 Å². The monoisotopic (exact) mass is 377 g/mol. The Labute approximate surface area is 155 Å². The topological polar surface area (TPSA) is 94.7 Å². The van der Waals surface area contributed by atoms with E-state index in [0.717, 1.165) is 0 Å². The number of aryl methyl sites for hydroxylation is 2. The largest absolute Gasteiger partial charge is 0.479 e. The molecule has 0 spiro atoms. The third-order valence-corrected chi connectivity index (χ3v) is 3.68. The molecule has 0 saturated carbocycles. The summed E-state index contributed by atoms with van der Waals surface area (Å²) in [6, 6.07) is 5.60. The second kappa shape index (κ2) is 8.98. The lowest BCUT2D eigenvalue weighted by Gasteiger charge is -2.08. The molecule has 0 unspecified atom stereocenters. The Hall–Kier alpha value is -3.16. The molecule has 144 valence electrons. The summed E-state index contributed by atoms with van der Waals surface area (Å²) in [5, 5.41) is 0. The summed E-state index contributed by atoms with van der Waals surface area (Å²) >= 11 is 0. The number of Topliss-reactive ketones (excluding diaryl/α,β-unsaturated/α-hetero) is 1. The molecule has 7 nitrogen and oxygen atoms in total. The number of hydrogen-bond donors (Lipinski definition) is 1. The first kappa shape index (κ1) is 20.2. The van der Waals surface area contributed by atoms with E-state index in [1.54, 1.807) is 26.8 Å². The van der Waals surface area contributed by atoms with Crippen LogP contribution in [0.2, 0.25) is 0 Å². The summed E-state index contributed by atoms with van der Waals surface area (Å²) in [5.41, 5.74) is 1.20. The van der Waals surface area contributed by atoms with Gasteiger partial charge in [-0.05, 0) is 32.9 Å². The van der Waals surface area contributed by atoms with E-state index >= 15 is 0 Å². The zero-order valence-corrected chi connectivity index (χ0v) is 15.3. The van der Waals surface area contributed by atoms with Crippen LogP contribution in [0.4, 0.5) is 4.39 Å². The van der Waals surface area contributed by atoms with Gasteiger partial charge in [-0.2, -0.15) is 0 Å². The van der Waals surface area contributed by atoms with Crippen LogP contribution in [-0.4, -0.2) is 42.5 Å². The molecule has 1 aromatic heterocycles. The number of hydrogen-bond acceptors (Lipinski definition) is 6. The van der Waals surface area contributed by atoms with Gasteiger partial charge in [0.05, 0.1) is 17.7 Å². The SMILES string of the molecule is CCOC(=O)c1c(C)[nH]c(C)c1C(=O)COC(=O)COc1ccccc1F. The van der Waals surface area contributed by atoms with E-state index in [9.17, 15) is 18.8 Å². The average molecular weight is 377 g/mol. The molecule has 0 saturated heterocycles. The minimum absolute atomic E-state index is 0.0949. The first-order valence-electron chi connectivity index (χ1n) is 8.27. The molecular weight excluding hydrogens is 357 g/mol. The molecule has 27 heavy (non-hydrogen) atoms. The molecule has 0 aliphatic heterocycles. The highest BCUT2D eigenvalue weighted by molar-refractivity contribution is 6.09. The van der Waals surface area contributed by atoms with Crippen molar-refractivity contribution < 1.29 is 33.0 Å². The molecule has 0 atom stereocenters. The lowest BCUT2D eigenvalue weighted by molar-refractivity contribution is -0.144. The summed E-state index contributed by atoms with van der Waals surface area (Å²) in [6.07, 6.45) is 0. The van der Waals surface area contributed by atoms with Crippen LogP contribution in [-0.2, 0) is 14.3 Å². The summed E-state index contributed by atoms with van der Waals surface area (Å²) < 4.78 is 28.3. The van der Waals surface area contributed by atoms with Crippen LogP contribution in [0.3, 0.4) is 0 Å². The Morgan fingerprint density at radius 1 is 1.00 bits per heavy atom. The number of H-pyrrole nitrogens is 1. The van der Waals surface area contributed by atoms with Crippen molar-refractivity contribution in [2.45, 2.75) is 20.8 Å². The number of benzene rings is 1. The standard InChI is InChI=1S/C19H20FNO6/c1-4-25-19(24)18-12(3)21-11(2)17(18)14(22)9-27-16(23)10-26-15-8-6-5-7-13(15)20/h5-8,21H,4,9-10H2,1-3H3. The van der Waals surface area contributed by atoms with Crippen molar-refractivity contribution in [3.63, 3.8) is 0 Å². The number of aromatic amines is 1. The van der Waals surface area contributed by atoms with Crippen LogP contribution in [0, 0.1) is 19.7 Å². The van der Waals surface area contributed by atoms with Gasteiger partial charge in [0, 0.05) is 11.4 Å². The smallest absolute Gasteiger partial charge is 0.344 e. The molecule has 0 radical (unpaired) electrons. The first-order valence-corrected chi connectivity index (χ1v) is 8.27. The first-order chi connectivity index (χ1) is 12.8. The van der Waals surface area contributed by atoms with Crippen LogP contribution in [0.5, 0.6) is 5.75 Å². The van der Waals surface area contributed by atoms with Crippen molar-refractivity contribution in [1.82, 2.24) is 4.98 Å². The van der Waals surface area contributed by atoms with E-state index in [4.69, 9.17) is 14.2 Å². The number of carbonyl (C=O) groups is 3. The Morgan fingerprint density at radius 2 is 1.67 bits per heavy atom. The van der Waals surface area contributed by atoms with Gasteiger partial charge in [0.2, 0.25) is 5.78 Å². The van der Waals surface area contributed by atoms with Gasteiger partial charge in [-0.3, -0.25) is 4.79 Å². The van der Waals surface area contributed by atoms with Gasteiger partial charge in [0.15, 0.2) is 24.8 Å². The number of aromatic nitrogens is 1. The van der Waals surface area contributed by atoms with Gasteiger partial charge in [0.1, 0.15) is 0 Å². The fourth-order valence-corrected chi connectivity index (χ4v) is 2.55. The molecule has 0 fully saturated rings. The molecule has 1 aromatic carbocycles. The van der Waals surface area contributed by atoms with Crippen molar-refractivity contribution in [1.29, 1.82) is 0 Å². The second-order valence-corrected chi connectivity index (χ2v) is 5.65. The molecule has 2 aromatic rings. The van der Waals surface area contributed by atoms with Gasteiger partial charge < -0.3 is 19.2 Å². The van der Waals surface area contributed by atoms with E-state index < -0.39 is 36.8 Å². The van der Waals surface area contributed by atoms with Gasteiger partial charge in [-0.25, -0.2) is 14.0 Å². The number of para-hydroxylation sites is 1. The van der Waals surface area contributed by atoms with Crippen molar-refractivity contribution in [3.8, 4) is 5.75 Å². The van der Waals surface area contributed by atoms with Gasteiger partial charge in [-0.1, -0.05) is 12.1 Å². The van der Waals surface area contributed by atoms with Crippen molar-refractivity contribution >= 4 is 17.7 Å². The van der Waals surface area contributed by atoms with Crippen LogP contribution in [0.1, 0.15) is 39.0 Å². The Kier molecular flexibility index (Phi) is 6.70. The van der Waals surface area contributed by atoms with Crippen LogP contribution in [0.25, 0.3) is 0 Å². The van der Waals surface area contributed by atoms with E-state index in [1.165, 1.54) is 18.2 Å². The molecule has 0 bridgehead atoms. The van der Waals surface area contributed by atoms with Gasteiger partial charge >= 0.3 is 11.9 Å². The zero-order chi connectivity index (χ0) is 20.0. The predicted molar refractivity (Wildman–Crippen MR) is 93.4 cm³/mol. The Morgan fingerprint density at radius 3 is 2.33 bits per heavy atom. The number of rotatable bonds is 8. The van der Waals surface area contributed by atoms with Gasteiger partial charge in [0.25, 0.3) is 0 Å². The highest BCUT2D eigenvalue weighted by Crippen LogP contribution is 2.20. The molecule has 0 aliphatic rings. The molecule has 1 N–H and O–H groups in total. The maximum atomic E-state index is 13.4. The number of ketones is 1. The highest BCUT2D eigenvalue weighted by atomic mass is 19.1. The maximum Gasteiger partial charge on any atom is 0.344 e. The number of halogens is 1. The van der Waals surface area contributed by atoms with Crippen molar-refractivity contribution in [2.24, 2.45) is 0 Å². The Balaban J connectivity index is 1.98. The third kappa shape index (κ3) is 4.93. The third-order valence-electron chi connectivity index (χ3n) is 3.68. The quantitative estimate of drug-likeness (QED) is 0.561. The van der Waals surface area contributed by atoms with Crippen LogP contribution >= 0.6 is 0 Å². The Bertz CT molecular complexity index is 858. The number of ether oxygens (including phenoxy) is 3. The molecule has 2 rings (SSSR count). The summed E-state index contributed by atoms with van der Waals surface area (Å²) in [4.78, 5) is 39.2. The lowest BCUT2D eigenvalue weighted by atomic mass is 10.1. The van der Waals surface area contributed by atoms with Crippen molar-refractivity contribution in [2.75, 3.05) is 19.8 Å². The fraction of sp³-hybridized carbons (Fsp3) is 0.316. The second-order valence-electron chi connectivity index (χ2n) is 5.65. The molecule has 0 aliphatic carbocycles. The van der Waals surface area contributed by atoms with Crippen molar-refractivity contribution in [3.05, 3.63) is 52.6 Å². The van der Waals surface area contributed by atoms with E-state index in [-0.39, 0.29) is 23.5 Å². The maximum absolute atomic E-state index is 13.4. The molecule has 1 heterocycles. The highest BCUT2D eigenvalue weighted by Gasteiger charge is 2.26. The van der Waals surface area contributed by atoms with Gasteiger partial charge in [-0.15, -0.1) is 0 Å². The molecule has 0 amide bonds. The number of carbonyl (C=O) groups excluding carboxylic acids is 3.